The molecule has 1 aliphatic rings. The summed E-state index contributed by atoms with van der Waals surface area (Å²) in [5.41, 5.74) is 2.58. The van der Waals surface area contributed by atoms with Crippen molar-refractivity contribution in [3.63, 3.8) is 0 Å². The number of para-hydroxylation sites is 1. The number of benzene rings is 1. The Balaban J connectivity index is 1.46. The van der Waals surface area contributed by atoms with Gasteiger partial charge in [-0.25, -0.2) is 4.68 Å². The second kappa shape index (κ2) is 8.61. The zero-order valence-corrected chi connectivity index (χ0v) is 19.0. The lowest BCUT2D eigenvalue weighted by Crippen LogP contribution is -2.42. The molecule has 0 bridgehead atoms. The van der Waals surface area contributed by atoms with Crippen molar-refractivity contribution in [1.29, 1.82) is 0 Å². The first kappa shape index (κ1) is 21.8. The topological polar surface area (TPSA) is 93.1 Å². The third-order valence-electron chi connectivity index (χ3n) is 5.88. The highest BCUT2D eigenvalue weighted by atomic mass is 16.5. The van der Waals surface area contributed by atoms with Gasteiger partial charge in [0, 0.05) is 30.1 Å². The number of hydrogen-bond acceptors (Lipinski definition) is 5. The molecule has 1 amide bonds. The van der Waals surface area contributed by atoms with Crippen LogP contribution >= 0.6 is 0 Å². The highest BCUT2D eigenvalue weighted by molar-refractivity contribution is 5.93. The number of piperidine rings is 1. The first-order valence-electron chi connectivity index (χ1n) is 10.9. The van der Waals surface area contributed by atoms with Crippen molar-refractivity contribution < 1.29 is 9.53 Å². The van der Waals surface area contributed by atoms with Gasteiger partial charge in [0.2, 0.25) is 0 Å². The lowest BCUT2D eigenvalue weighted by atomic mass is 9.92. The van der Waals surface area contributed by atoms with Crippen LogP contribution in [-0.4, -0.2) is 51.0 Å². The van der Waals surface area contributed by atoms with E-state index in [0.717, 1.165) is 11.3 Å². The van der Waals surface area contributed by atoms with E-state index in [1.807, 2.05) is 24.3 Å². The smallest absolute Gasteiger partial charge is 0.271 e. The Bertz CT molecular complexity index is 1170. The van der Waals surface area contributed by atoms with E-state index in [1.165, 1.54) is 0 Å². The van der Waals surface area contributed by atoms with Gasteiger partial charge >= 0.3 is 0 Å². The fraction of sp³-hybridized carbons (Fsp3) is 0.417. The number of nitrogens with zero attached hydrogens (tertiary/aromatic N) is 4. The number of hydrogen-bond donors (Lipinski definition) is 1. The first-order chi connectivity index (χ1) is 15.3. The number of H-pyrrole nitrogens is 1. The molecule has 0 unspecified atom stereocenters. The minimum Gasteiger partial charge on any atom is -0.496 e. The largest absolute Gasteiger partial charge is 0.496 e. The van der Waals surface area contributed by atoms with Crippen LogP contribution in [-0.2, 0) is 5.41 Å². The zero-order chi connectivity index (χ0) is 22.9. The predicted octanol–water partition coefficient (Wildman–Crippen LogP) is 3.42. The molecule has 0 spiro atoms. The van der Waals surface area contributed by atoms with E-state index in [9.17, 15) is 9.59 Å². The van der Waals surface area contributed by atoms with Crippen LogP contribution in [0, 0.1) is 0 Å². The Morgan fingerprint density at radius 1 is 1.12 bits per heavy atom. The van der Waals surface area contributed by atoms with Crippen LogP contribution in [0.4, 0.5) is 0 Å². The maximum Gasteiger partial charge on any atom is 0.271 e. The van der Waals surface area contributed by atoms with E-state index in [4.69, 9.17) is 4.74 Å². The lowest BCUT2D eigenvalue weighted by molar-refractivity contribution is 0.0681. The van der Waals surface area contributed by atoms with Crippen LogP contribution in [0.2, 0.25) is 0 Å². The molecule has 0 radical (unpaired) electrons. The molecule has 4 rings (SSSR count). The Labute approximate surface area is 187 Å². The molecule has 8 nitrogen and oxygen atoms in total. The lowest BCUT2D eigenvalue weighted by Gasteiger charge is -2.32. The van der Waals surface area contributed by atoms with Gasteiger partial charge in [0.1, 0.15) is 11.4 Å². The maximum atomic E-state index is 13.0. The van der Waals surface area contributed by atoms with E-state index in [1.54, 1.807) is 34.9 Å². The number of carbonyl (C=O) groups is 1. The van der Waals surface area contributed by atoms with Gasteiger partial charge in [0.15, 0.2) is 0 Å². The number of likely N-dealkylation sites (tertiary alicyclic amines) is 1. The molecular weight excluding hydrogens is 406 g/mol. The summed E-state index contributed by atoms with van der Waals surface area (Å²) in [6, 6.07) is 12.7. The Morgan fingerprint density at radius 2 is 1.84 bits per heavy atom. The summed E-state index contributed by atoms with van der Waals surface area (Å²) < 4.78 is 6.99. The Hall–Kier alpha value is -3.42. The quantitative estimate of drug-likeness (QED) is 0.678. The number of amides is 1. The molecule has 1 aromatic carbocycles. The molecule has 8 heteroatoms. The monoisotopic (exact) mass is 435 g/mol. The molecular formula is C24H29N5O3. The van der Waals surface area contributed by atoms with Crippen molar-refractivity contribution >= 4 is 5.91 Å². The highest BCUT2D eigenvalue weighted by Crippen LogP contribution is 2.29. The Kier molecular flexibility index (Phi) is 5.86. The summed E-state index contributed by atoms with van der Waals surface area (Å²) >= 11 is 0. The van der Waals surface area contributed by atoms with Gasteiger partial charge < -0.3 is 9.64 Å². The molecule has 32 heavy (non-hydrogen) atoms. The van der Waals surface area contributed by atoms with Crippen LogP contribution in [0.1, 0.15) is 55.8 Å². The predicted molar refractivity (Wildman–Crippen MR) is 122 cm³/mol. The van der Waals surface area contributed by atoms with Crippen molar-refractivity contribution in [1.82, 2.24) is 24.9 Å². The number of aromatic amines is 1. The summed E-state index contributed by atoms with van der Waals surface area (Å²) in [7, 11) is 1.61. The van der Waals surface area contributed by atoms with Gasteiger partial charge in [-0.1, -0.05) is 32.9 Å². The second-order valence-electron chi connectivity index (χ2n) is 9.14. The van der Waals surface area contributed by atoms with Gasteiger partial charge in [-0.2, -0.15) is 10.2 Å². The Morgan fingerprint density at radius 3 is 2.53 bits per heavy atom. The second-order valence-corrected chi connectivity index (χ2v) is 9.14. The van der Waals surface area contributed by atoms with E-state index in [2.05, 4.69) is 36.1 Å². The van der Waals surface area contributed by atoms with Gasteiger partial charge in [0.05, 0.1) is 24.5 Å². The SMILES string of the molecule is COc1ccccc1-c1cc(C(=O)N2CCC(n3nc(C(C)(C)C)ccc3=O)CC2)[nH]n1. The number of methoxy groups -OCH3 is 1. The van der Waals surface area contributed by atoms with Gasteiger partial charge in [-0.05, 0) is 37.1 Å². The summed E-state index contributed by atoms with van der Waals surface area (Å²) in [4.78, 5) is 27.3. The van der Waals surface area contributed by atoms with E-state index < -0.39 is 0 Å². The number of aromatic nitrogens is 4. The van der Waals surface area contributed by atoms with Gasteiger partial charge in [-0.15, -0.1) is 0 Å². The molecule has 3 aromatic rings. The average Bonchev–Trinajstić information content (AvgIpc) is 3.28. The van der Waals surface area contributed by atoms with Crippen LogP contribution < -0.4 is 10.3 Å². The first-order valence-corrected chi connectivity index (χ1v) is 10.9. The van der Waals surface area contributed by atoms with Gasteiger partial charge in [-0.3, -0.25) is 14.7 Å². The van der Waals surface area contributed by atoms with Crippen molar-refractivity contribution in [3.05, 3.63) is 64.2 Å². The molecule has 0 aliphatic carbocycles. The van der Waals surface area contributed by atoms with Crippen molar-refractivity contribution in [2.45, 2.75) is 45.1 Å². The van der Waals surface area contributed by atoms with E-state index in [-0.39, 0.29) is 22.9 Å². The number of nitrogens with one attached hydrogen (secondary N) is 1. The third-order valence-corrected chi connectivity index (χ3v) is 5.88. The molecule has 1 fully saturated rings. The minimum atomic E-state index is -0.133. The molecule has 0 atom stereocenters. The number of rotatable bonds is 4. The molecule has 1 N–H and O–H groups in total. The fourth-order valence-corrected chi connectivity index (χ4v) is 4.00. The van der Waals surface area contributed by atoms with Gasteiger partial charge in [0.25, 0.3) is 11.5 Å². The van der Waals surface area contributed by atoms with Crippen molar-refractivity contribution in [3.8, 4) is 17.0 Å². The standard InChI is InChI=1S/C24H29N5O3/c1-24(2,3)21-9-10-22(30)29(27-21)16-11-13-28(14-12-16)23(31)19-15-18(25-26-19)17-7-5-6-8-20(17)32-4/h5-10,15-16H,11-14H2,1-4H3,(H,25,26). The molecule has 2 aromatic heterocycles. The van der Waals surface area contributed by atoms with Crippen LogP contribution in [0.5, 0.6) is 5.75 Å². The summed E-state index contributed by atoms with van der Waals surface area (Å²) in [6.07, 6.45) is 1.36. The van der Waals surface area contributed by atoms with Crippen LogP contribution in [0.3, 0.4) is 0 Å². The van der Waals surface area contributed by atoms with Crippen LogP contribution in [0.15, 0.2) is 47.3 Å². The molecule has 0 saturated carbocycles. The minimum absolute atomic E-state index is 0.0141. The summed E-state index contributed by atoms with van der Waals surface area (Å²) in [5.74, 6) is 0.607. The molecule has 168 valence electrons. The zero-order valence-electron chi connectivity index (χ0n) is 19.0. The highest BCUT2D eigenvalue weighted by Gasteiger charge is 2.28. The summed E-state index contributed by atoms with van der Waals surface area (Å²) in [5, 5.41) is 11.8. The summed E-state index contributed by atoms with van der Waals surface area (Å²) in [6.45, 7) is 7.35. The van der Waals surface area contributed by atoms with E-state index in [0.29, 0.717) is 43.1 Å². The third kappa shape index (κ3) is 4.30. The maximum absolute atomic E-state index is 13.0. The van der Waals surface area contributed by atoms with Crippen LogP contribution in [0.25, 0.3) is 11.3 Å². The fourth-order valence-electron chi connectivity index (χ4n) is 4.00. The van der Waals surface area contributed by atoms with Crippen molar-refractivity contribution in [2.75, 3.05) is 20.2 Å². The molecule has 1 aliphatic heterocycles. The van der Waals surface area contributed by atoms with E-state index >= 15 is 0 Å². The normalized spacial score (nSPS) is 15.1. The number of ether oxygens (including phenoxy) is 1. The molecule has 1 saturated heterocycles. The molecule has 3 heterocycles. The number of carbonyl (C=O) groups excluding carboxylic acids is 1. The van der Waals surface area contributed by atoms with Crippen molar-refractivity contribution in [2.24, 2.45) is 0 Å². The average molecular weight is 436 g/mol.